The Labute approximate surface area is 133 Å². The number of thiol groups is 1. The van der Waals surface area contributed by atoms with E-state index in [2.05, 4.69) is 25.6 Å². The van der Waals surface area contributed by atoms with Crippen LogP contribution in [0, 0.1) is 0 Å². The predicted octanol–water partition coefficient (Wildman–Crippen LogP) is 4.35. The number of aryl methyl sites for hydroxylation is 1. The summed E-state index contributed by atoms with van der Waals surface area (Å²) in [6.07, 6.45) is 6.39. The first-order chi connectivity index (χ1) is 10.1. The van der Waals surface area contributed by atoms with Crippen LogP contribution in [0.25, 0.3) is 0 Å². The number of unbranched alkanes of at least 4 members (excludes halogenated alkanes) is 2. The number of carbonyl (C=O) groups is 1. The quantitative estimate of drug-likeness (QED) is 0.472. The average Bonchev–Trinajstić information content (AvgIpc) is 2.44. The SMILES string of the molecule is CCCCCc1ccccc1OCCCC(S)CC(=O)O. The van der Waals surface area contributed by atoms with Crippen LogP contribution in [0.15, 0.2) is 24.3 Å². The zero-order chi connectivity index (χ0) is 15.5. The van der Waals surface area contributed by atoms with Crippen molar-refractivity contribution in [2.24, 2.45) is 0 Å². The van der Waals surface area contributed by atoms with Crippen LogP contribution < -0.4 is 4.74 Å². The molecule has 0 aliphatic rings. The summed E-state index contributed by atoms with van der Waals surface area (Å²) in [4.78, 5) is 10.6. The van der Waals surface area contributed by atoms with Crippen LogP contribution in [0.3, 0.4) is 0 Å². The summed E-state index contributed by atoms with van der Waals surface area (Å²) in [5.41, 5.74) is 1.26. The van der Waals surface area contributed by atoms with Gasteiger partial charge in [-0.15, -0.1) is 0 Å². The van der Waals surface area contributed by atoms with Crippen LogP contribution >= 0.6 is 12.6 Å². The van der Waals surface area contributed by atoms with Gasteiger partial charge in [0.05, 0.1) is 13.0 Å². The van der Waals surface area contributed by atoms with Crippen LogP contribution in [0.4, 0.5) is 0 Å². The van der Waals surface area contributed by atoms with E-state index >= 15 is 0 Å². The van der Waals surface area contributed by atoms with Crippen LogP contribution in [0.1, 0.15) is 51.0 Å². The van der Waals surface area contributed by atoms with E-state index in [0.717, 1.165) is 25.0 Å². The molecule has 0 saturated carbocycles. The molecule has 0 aliphatic carbocycles. The molecule has 0 amide bonds. The molecule has 4 heteroatoms. The molecule has 1 aromatic carbocycles. The van der Waals surface area contributed by atoms with Crippen LogP contribution in [0.5, 0.6) is 5.75 Å². The lowest BCUT2D eigenvalue weighted by Gasteiger charge is -2.12. The van der Waals surface area contributed by atoms with Crippen molar-refractivity contribution in [3.8, 4) is 5.75 Å². The molecular formula is C17H26O3S. The fraction of sp³-hybridized carbons (Fsp3) is 0.588. The van der Waals surface area contributed by atoms with E-state index in [1.807, 2.05) is 18.2 Å². The smallest absolute Gasteiger partial charge is 0.304 e. The van der Waals surface area contributed by atoms with Crippen LogP contribution in [-0.4, -0.2) is 22.9 Å². The summed E-state index contributed by atoms with van der Waals surface area (Å²) >= 11 is 4.27. The van der Waals surface area contributed by atoms with Crippen LogP contribution in [0.2, 0.25) is 0 Å². The Kier molecular flexibility index (Phi) is 8.99. The molecule has 1 aromatic rings. The Morgan fingerprint density at radius 3 is 2.76 bits per heavy atom. The van der Waals surface area contributed by atoms with E-state index in [0.29, 0.717) is 6.61 Å². The maximum absolute atomic E-state index is 10.6. The standard InChI is InChI=1S/C17H26O3S/c1-2-3-4-8-14-9-5-6-11-16(14)20-12-7-10-15(21)13-17(18)19/h5-6,9,11,15,21H,2-4,7-8,10,12-13H2,1H3,(H,18,19). The van der Waals surface area contributed by atoms with Gasteiger partial charge in [-0.1, -0.05) is 38.0 Å². The van der Waals surface area contributed by atoms with Gasteiger partial charge in [0, 0.05) is 5.25 Å². The minimum atomic E-state index is -0.794. The lowest BCUT2D eigenvalue weighted by atomic mass is 10.1. The van der Waals surface area contributed by atoms with Gasteiger partial charge in [-0.2, -0.15) is 12.6 Å². The summed E-state index contributed by atoms with van der Waals surface area (Å²) in [5, 5.41) is 8.59. The van der Waals surface area contributed by atoms with Crippen molar-refractivity contribution in [1.82, 2.24) is 0 Å². The summed E-state index contributed by atoms with van der Waals surface area (Å²) in [5.74, 6) is 0.166. The first-order valence-corrected chi connectivity index (χ1v) is 8.25. The molecule has 0 aliphatic heterocycles. The average molecular weight is 310 g/mol. The summed E-state index contributed by atoms with van der Waals surface area (Å²) in [7, 11) is 0. The Hall–Kier alpha value is -1.16. The number of carboxylic acid groups (broad SMARTS) is 1. The largest absolute Gasteiger partial charge is 0.493 e. The number of para-hydroxylation sites is 1. The van der Waals surface area contributed by atoms with Gasteiger partial charge in [-0.25, -0.2) is 0 Å². The van der Waals surface area contributed by atoms with E-state index in [-0.39, 0.29) is 11.7 Å². The zero-order valence-corrected chi connectivity index (χ0v) is 13.6. The minimum Gasteiger partial charge on any atom is -0.493 e. The first kappa shape index (κ1) is 17.9. The summed E-state index contributed by atoms with van der Waals surface area (Å²) < 4.78 is 5.84. The normalized spacial score (nSPS) is 12.1. The Bertz CT molecular complexity index is 420. The molecular weight excluding hydrogens is 284 g/mol. The molecule has 0 spiro atoms. The predicted molar refractivity (Wildman–Crippen MR) is 89.4 cm³/mol. The van der Waals surface area contributed by atoms with E-state index in [9.17, 15) is 4.79 Å². The molecule has 1 rings (SSSR count). The molecule has 21 heavy (non-hydrogen) atoms. The minimum absolute atomic E-state index is 0.0918. The molecule has 1 atom stereocenters. The van der Waals surface area contributed by atoms with E-state index in [1.54, 1.807) is 0 Å². The Morgan fingerprint density at radius 2 is 2.05 bits per heavy atom. The van der Waals surface area contributed by atoms with Gasteiger partial charge in [0.25, 0.3) is 0 Å². The number of hydrogen-bond acceptors (Lipinski definition) is 3. The topological polar surface area (TPSA) is 46.5 Å². The fourth-order valence-corrected chi connectivity index (χ4v) is 2.56. The Morgan fingerprint density at radius 1 is 1.29 bits per heavy atom. The van der Waals surface area contributed by atoms with Crippen molar-refractivity contribution in [2.45, 2.75) is 57.1 Å². The molecule has 0 saturated heterocycles. The maximum Gasteiger partial charge on any atom is 0.304 e. The van der Waals surface area contributed by atoms with Crippen molar-refractivity contribution >= 4 is 18.6 Å². The summed E-state index contributed by atoms with van der Waals surface area (Å²) in [6, 6.07) is 8.17. The van der Waals surface area contributed by atoms with Crippen LogP contribution in [-0.2, 0) is 11.2 Å². The first-order valence-electron chi connectivity index (χ1n) is 7.74. The van der Waals surface area contributed by atoms with E-state index in [1.165, 1.54) is 24.8 Å². The maximum atomic E-state index is 10.6. The van der Waals surface area contributed by atoms with Gasteiger partial charge in [0.15, 0.2) is 0 Å². The van der Waals surface area contributed by atoms with Gasteiger partial charge in [0.1, 0.15) is 5.75 Å². The fourth-order valence-electron chi connectivity index (χ4n) is 2.22. The van der Waals surface area contributed by atoms with Crippen molar-refractivity contribution in [3.63, 3.8) is 0 Å². The Balaban J connectivity index is 2.32. The number of carboxylic acids is 1. The second-order valence-electron chi connectivity index (χ2n) is 5.31. The highest BCUT2D eigenvalue weighted by atomic mass is 32.1. The molecule has 118 valence electrons. The molecule has 0 fully saturated rings. The number of hydrogen-bond donors (Lipinski definition) is 2. The van der Waals surface area contributed by atoms with Gasteiger partial charge < -0.3 is 9.84 Å². The molecule has 0 bridgehead atoms. The highest BCUT2D eigenvalue weighted by Gasteiger charge is 2.08. The molecule has 1 unspecified atom stereocenters. The second kappa shape index (κ2) is 10.6. The molecule has 0 radical (unpaired) electrons. The monoisotopic (exact) mass is 310 g/mol. The van der Waals surface area contributed by atoms with Gasteiger partial charge in [-0.3, -0.25) is 4.79 Å². The lowest BCUT2D eigenvalue weighted by Crippen LogP contribution is -2.09. The third-order valence-corrected chi connectivity index (χ3v) is 3.81. The van der Waals surface area contributed by atoms with Gasteiger partial charge >= 0.3 is 5.97 Å². The molecule has 0 heterocycles. The molecule has 0 aromatic heterocycles. The van der Waals surface area contributed by atoms with Crippen molar-refractivity contribution in [2.75, 3.05) is 6.61 Å². The number of ether oxygens (including phenoxy) is 1. The van der Waals surface area contributed by atoms with Gasteiger partial charge in [0.2, 0.25) is 0 Å². The highest BCUT2D eigenvalue weighted by Crippen LogP contribution is 2.21. The molecule has 3 nitrogen and oxygen atoms in total. The zero-order valence-electron chi connectivity index (χ0n) is 12.8. The number of rotatable bonds is 11. The second-order valence-corrected chi connectivity index (χ2v) is 6.04. The third-order valence-electron chi connectivity index (χ3n) is 3.37. The lowest BCUT2D eigenvalue weighted by molar-refractivity contribution is -0.137. The van der Waals surface area contributed by atoms with E-state index < -0.39 is 5.97 Å². The van der Waals surface area contributed by atoms with Crippen molar-refractivity contribution < 1.29 is 14.6 Å². The number of aliphatic carboxylic acids is 1. The van der Waals surface area contributed by atoms with Crippen molar-refractivity contribution in [1.29, 1.82) is 0 Å². The van der Waals surface area contributed by atoms with Crippen molar-refractivity contribution in [3.05, 3.63) is 29.8 Å². The highest BCUT2D eigenvalue weighted by molar-refractivity contribution is 7.81. The summed E-state index contributed by atoms with van der Waals surface area (Å²) in [6.45, 7) is 2.81. The molecule has 1 N–H and O–H groups in total. The van der Waals surface area contributed by atoms with Gasteiger partial charge in [-0.05, 0) is 37.3 Å². The third kappa shape index (κ3) is 8.00. The van der Waals surface area contributed by atoms with E-state index in [4.69, 9.17) is 9.84 Å². The number of benzene rings is 1.